The fourth-order valence-corrected chi connectivity index (χ4v) is 9.42. The Balaban J connectivity index is 4.36. The maximum Gasteiger partial charge on any atom is 0.306 e. The monoisotopic (exact) mass is 1150 g/mol. The lowest BCUT2D eigenvalue weighted by Gasteiger charge is -2.18. The first-order valence-electron chi connectivity index (χ1n) is 34.7. The van der Waals surface area contributed by atoms with Crippen LogP contribution < -0.4 is 0 Å². The van der Waals surface area contributed by atoms with E-state index in [0.29, 0.717) is 19.3 Å². The van der Waals surface area contributed by atoms with Crippen LogP contribution in [0.4, 0.5) is 0 Å². The lowest BCUT2D eigenvalue weighted by molar-refractivity contribution is -0.167. The molecule has 0 aromatic rings. The molecule has 0 aromatic carbocycles. The average Bonchev–Trinajstić information content (AvgIpc) is 3.48. The smallest absolute Gasteiger partial charge is 0.306 e. The number of carbonyl (C=O) groups excluding carboxylic acids is 3. The van der Waals surface area contributed by atoms with Crippen LogP contribution in [-0.2, 0) is 28.6 Å². The van der Waals surface area contributed by atoms with Crippen molar-refractivity contribution in [1.82, 2.24) is 0 Å². The Hall–Kier alpha value is -4.45. The highest BCUT2D eigenvalue weighted by Crippen LogP contribution is 2.16. The van der Waals surface area contributed by atoms with Gasteiger partial charge in [0.25, 0.3) is 0 Å². The molecule has 0 aliphatic carbocycles. The Morgan fingerprint density at radius 3 is 0.831 bits per heavy atom. The zero-order valence-corrected chi connectivity index (χ0v) is 54.2. The highest BCUT2D eigenvalue weighted by atomic mass is 16.6. The predicted octanol–water partition coefficient (Wildman–Crippen LogP) is 24.1. The van der Waals surface area contributed by atoms with Gasteiger partial charge in [-0.05, 0) is 128 Å². The van der Waals surface area contributed by atoms with Gasteiger partial charge in [-0.2, -0.15) is 0 Å². The van der Waals surface area contributed by atoms with Crippen LogP contribution in [0.5, 0.6) is 0 Å². The molecule has 0 heterocycles. The lowest BCUT2D eigenvalue weighted by Crippen LogP contribution is -2.30. The summed E-state index contributed by atoms with van der Waals surface area (Å²) in [5, 5.41) is 0. The summed E-state index contributed by atoms with van der Waals surface area (Å²) in [7, 11) is 0. The zero-order chi connectivity index (χ0) is 59.9. The predicted molar refractivity (Wildman–Crippen MR) is 362 cm³/mol. The number of carbonyl (C=O) groups is 3. The summed E-state index contributed by atoms with van der Waals surface area (Å²) in [6.45, 7) is 6.45. The Bertz CT molecular complexity index is 1750. The summed E-state index contributed by atoms with van der Waals surface area (Å²) in [5.41, 5.74) is 0. The second-order valence-electron chi connectivity index (χ2n) is 22.7. The minimum absolute atomic E-state index is 0.102. The molecule has 0 radical (unpaired) electrons. The number of allylic oxidation sites excluding steroid dienone is 22. The number of hydrogen-bond donors (Lipinski definition) is 0. The quantitative estimate of drug-likeness (QED) is 0.0261. The first-order valence-corrected chi connectivity index (χ1v) is 34.7. The molecule has 0 bridgehead atoms. The Morgan fingerprint density at radius 2 is 0.494 bits per heavy atom. The number of ether oxygens (including phenoxy) is 3. The topological polar surface area (TPSA) is 78.9 Å². The summed E-state index contributed by atoms with van der Waals surface area (Å²) in [6.07, 6.45) is 99.2. The molecule has 0 aliphatic heterocycles. The Labute approximate surface area is 513 Å². The van der Waals surface area contributed by atoms with Crippen LogP contribution in [0, 0.1) is 0 Å². The van der Waals surface area contributed by atoms with E-state index in [4.69, 9.17) is 14.2 Å². The molecule has 0 saturated carbocycles. The van der Waals surface area contributed by atoms with Crippen LogP contribution in [0.25, 0.3) is 0 Å². The first-order chi connectivity index (χ1) is 41.0. The van der Waals surface area contributed by atoms with E-state index in [1.165, 1.54) is 154 Å². The van der Waals surface area contributed by atoms with Crippen molar-refractivity contribution in [3.05, 3.63) is 134 Å². The normalized spacial score (nSPS) is 13.0. The van der Waals surface area contributed by atoms with Crippen LogP contribution >= 0.6 is 0 Å². The van der Waals surface area contributed by atoms with Gasteiger partial charge in [-0.3, -0.25) is 14.4 Å². The molecule has 0 N–H and O–H groups in total. The van der Waals surface area contributed by atoms with Gasteiger partial charge in [0, 0.05) is 19.3 Å². The Morgan fingerprint density at radius 1 is 0.253 bits per heavy atom. The van der Waals surface area contributed by atoms with Crippen molar-refractivity contribution in [2.75, 3.05) is 13.2 Å². The molecule has 0 saturated heterocycles. The maximum absolute atomic E-state index is 12.9. The third-order valence-corrected chi connectivity index (χ3v) is 14.6. The maximum atomic E-state index is 12.9. The van der Waals surface area contributed by atoms with E-state index in [9.17, 15) is 14.4 Å². The third kappa shape index (κ3) is 68.2. The van der Waals surface area contributed by atoms with E-state index in [-0.39, 0.29) is 37.5 Å². The van der Waals surface area contributed by atoms with Crippen molar-refractivity contribution in [3.8, 4) is 0 Å². The van der Waals surface area contributed by atoms with Crippen molar-refractivity contribution in [1.29, 1.82) is 0 Å². The van der Waals surface area contributed by atoms with Crippen LogP contribution in [0.1, 0.15) is 316 Å². The van der Waals surface area contributed by atoms with Crippen LogP contribution in [0.15, 0.2) is 134 Å². The van der Waals surface area contributed by atoms with Gasteiger partial charge in [0.1, 0.15) is 13.2 Å². The van der Waals surface area contributed by atoms with E-state index in [2.05, 4.69) is 154 Å². The third-order valence-electron chi connectivity index (χ3n) is 14.6. The molecule has 0 spiro atoms. The molecule has 83 heavy (non-hydrogen) atoms. The molecule has 1 atom stereocenters. The highest BCUT2D eigenvalue weighted by Gasteiger charge is 2.19. The molecular weight excluding hydrogens is 1020 g/mol. The second kappa shape index (κ2) is 70.0. The fourth-order valence-electron chi connectivity index (χ4n) is 9.42. The molecule has 0 amide bonds. The molecule has 0 aliphatic rings. The summed E-state index contributed by atoms with van der Waals surface area (Å²) in [6, 6.07) is 0. The van der Waals surface area contributed by atoms with Crippen LogP contribution in [0.3, 0.4) is 0 Å². The van der Waals surface area contributed by atoms with Crippen LogP contribution in [-0.4, -0.2) is 37.2 Å². The second-order valence-corrected chi connectivity index (χ2v) is 22.7. The van der Waals surface area contributed by atoms with Gasteiger partial charge in [-0.15, -0.1) is 0 Å². The molecule has 1 unspecified atom stereocenters. The molecule has 0 rings (SSSR count). The van der Waals surface area contributed by atoms with E-state index < -0.39 is 6.10 Å². The fraction of sp³-hybridized carbons (Fsp3) is 0.675. The van der Waals surface area contributed by atoms with E-state index in [0.717, 1.165) is 116 Å². The summed E-state index contributed by atoms with van der Waals surface area (Å²) in [5.74, 6) is -0.968. The van der Waals surface area contributed by atoms with Gasteiger partial charge >= 0.3 is 17.9 Å². The number of esters is 3. The van der Waals surface area contributed by atoms with Gasteiger partial charge in [0.05, 0.1) is 0 Å². The number of hydrogen-bond acceptors (Lipinski definition) is 6. The molecule has 6 nitrogen and oxygen atoms in total. The van der Waals surface area contributed by atoms with Gasteiger partial charge in [-0.1, -0.05) is 302 Å². The van der Waals surface area contributed by atoms with E-state index >= 15 is 0 Å². The molecule has 0 fully saturated rings. The largest absolute Gasteiger partial charge is 0.462 e. The van der Waals surface area contributed by atoms with Gasteiger partial charge < -0.3 is 14.2 Å². The first kappa shape index (κ1) is 78.5. The highest BCUT2D eigenvalue weighted by molar-refractivity contribution is 5.71. The zero-order valence-electron chi connectivity index (χ0n) is 54.2. The summed E-state index contributed by atoms with van der Waals surface area (Å²) < 4.78 is 16.9. The average molecular weight is 1150 g/mol. The van der Waals surface area contributed by atoms with Crippen molar-refractivity contribution in [3.63, 3.8) is 0 Å². The van der Waals surface area contributed by atoms with Crippen molar-refractivity contribution in [2.45, 2.75) is 322 Å². The van der Waals surface area contributed by atoms with Crippen molar-refractivity contribution >= 4 is 17.9 Å². The molecule has 472 valence electrons. The molecule has 0 aromatic heterocycles. The van der Waals surface area contributed by atoms with E-state index in [1.54, 1.807) is 0 Å². The van der Waals surface area contributed by atoms with Gasteiger partial charge in [-0.25, -0.2) is 0 Å². The summed E-state index contributed by atoms with van der Waals surface area (Å²) >= 11 is 0. The van der Waals surface area contributed by atoms with Gasteiger partial charge in [0.15, 0.2) is 6.10 Å². The van der Waals surface area contributed by atoms with Crippen molar-refractivity contribution < 1.29 is 28.6 Å². The summed E-state index contributed by atoms with van der Waals surface area (Å²) in [4.78, 5) is 38.3. The molecular formula is C77H128O6. The standard InChI is InChI=1S/C77H128O6/c1-4-7-10-13-16-19-22-24-26-28-30-32-34-36-37-38-39-41-42-44-46-48-50-52-55-58-61-64-67-70-76(79)82-73-74(72-81-75(78)69-66-63-60-57-54-21-18-15-12-9-6-3)83-77(80)71-68-65-62-59-56-53-51-49-47-45-43-40-35-33-31-29-27-25-23-20-17-14-11-8-5-2/h7,10,15-16,18-19,24,26,29-32,36-37,39,41,44,46,50,52,58,61,74H,4-6,8-9,11-14,17,20-23,25,27-28,33-35,38,40,42-43,45,47-49,51,53-57,59-60,62-73H2,1-3H3/b10-7-,18-15-,19-16-,26-24-,31-29-,32-30-,37-36-,41-39-,46-44-,52-50-,61-58-. The SMILES string of the molecule is CC/C=C\C/C=C\C/C=C\C/C=C\C/C=C\C/C=C\C/C=C\C/C=C\C/C=C\CCCC(=O)OCC(COC(=O)CCCCCCC/C=C\CCCC)OC(=O)CCCCCCCCCCCCCCC/C=C\CCCCCCCCCC. The van der Waals surface area contributed by atoms with Gasteiger partial charge in [0.2, 0.25) is 0 Å². The van der Waals surface area contributed by atoms with E-state index in [1.807, 2.05) is 0 Å². The number of rotatable bonds is 62. The minimum Gasteiger partial charge on any atom is -0.462 e. The minimum atomic E-state index is -0.810. The molecule has 6 heteroatoms. The number of unbranched alkanes of at least 4 members (excludes halogenated alkanes) is 29. The lowest BCUT2D eigenvalue weighted by atomic mass is 10.0. The Kier molecular flexibility index (Phi) is 66.3. The van der Waals surface area contributed by atoms with Crippen molar-refractivity contribution in [2.24, 2.45) is 0 Å². The van der Waals surface area contributed by atoms with Crippen LogP contribution in [0.2, 0.25) is 0 Å².